The van der Waals surface area contributed by atoms with Crippen LogP contribution in [0.15, 0.2) is 12.4 Å². The zero-order chi connectivity index (χ0) is 14.8. The number of hydrogen-bond donors (Lipinski definition) is 1. The van der Waals surface area contributed by atoms with Gasteiger partial charge in [0.2, 0.25) is 11.8 Å². The van der Waals surface area contributed by atoms with Gasteiger partial charge in [0.1, 0.15) is 0 Å². The third-order valence-electron chi connectivity index (χ3n) is 4.45. The summed E-state index contributed by atoms with van der Waals surface area (Å²) in [5.41, 5.74) is 0.774. The van der Waals surface area contributed by atoms with Gasteiger partial charge in [-0.3, -0.25) is 14.3 Å². The van der Waals surface area contributed by atoms with E-state index in [1.54, 1.807) is 22.0 Å². The molecule has 1 aromatic heterocycles. The minimum absolute atomic E-state index is 0.00629. The first kappa shape index (κ1) is 14.1. The Balaban J connectivity index is 1.59. The molecule has 1 saturated carbocycles. The highest BCUT2D eigenvalue weighted by Gasteiger charge is 2.36. The fourth-order valence-corrected chi connectivity index (χ4v) is 3.25. The SMILES string of the molecule is Cn1cc(N2CC(C(=O)NC3CCCCC3)CC2=O)cn1. The van der Waals surface area contributed by atoms with E-state index in [2.05, 4.69) is 10.4 Å². The second kappa shape index (κ2) is 5.87. The standard InChI is InChI=1S/C15H22N4O2/c1-18-10-13(8-16-18)19-9-11(7-14(19)20)15(21)17-12-5-3-2-4-6-12/h8,10-12H,2-7,9H2,1H3,(H,17,21). The van der Waals surface area contributed by atoms with Crippen LogP contribution in [0, 0.1) is 5.92 Å². The molecule has 0 spiro atoms. The molecular formula is C15H22N4O2. The minimum atomic E-state index is -0.236. The lowest BCUT2D eigenvalue weighted by molar-refractivity contribution is -0.127. The largest absolute Gasteiger partial charge is 0.353 e. The van der Waals surface area contributed by atoms with Crippen LogP contribution in [0.2, 0.25) is 0 Å². The molecule has 1 saturated heterocycles. The van der Waals surface area contributed by atoms with Crippen LogP contribution in [0.5, 0.6) is 0 Å². The zero-order valence-corrected chi connectivity index (χ0v) is 12.4. The summed E-state index contributed by atoms with van der Waals surface area (Å²) < 4.78 is 1.66. The van der Waals surface area contributed by atoms with Crippen molar-refractivity contribution in [2.45, 2.75) is 44.6 Å². The van der Waals surface area contributed by atoms with Crippen molar-refractivity contribution in [1.29, 1.82) is 0 Å². The molecule has 21 heavy (non-hydrogen) atoms. The fourth-order valence-electron chi connectivity index (χ4n) is 3.25. The Hall–Kier alpha value is -1.85. The second-order valence-corrected chi connectivity index (χ2v) is 6.12. The number of aromatic nitrogens is 2. The summed E-state index contributed by atoms with van der Waals surface area (Å²) in [6.07, 6.45) is 9.55. The molecule has 2 amide bonds. The van der Waals surface area contributed by atoms with Crippen molar-refractivity contribution >= 4 is 17.5 Å². The average molecular weight is 290 g/mol. The normalized spacial score (nSPS) is 23.6. The third kappa shape index (κ3) is 3.09. The predicted molar refractivity (Wildman–Crippen MR) is 78.7 cm³/mol. The van der Waals surface area contributed by atoms with Crippen molar-refractivity contribution in [3.05, 3.63) is 12.4 Å². The molecular weight excluding hydrogens is 268 g/mol. The van der Waals surface area contributed by atoms with E-state index in [9.17, 15) is 9.59 Å². The molecule has 1 unspecified atom stereocenters. The predicted octanol–water partition coefficient (Wildman–Crippen LogP) is 1.22. The van der Waals surface area contributed by atoms with Crippen LogP contribution < -0.4 is 10.2 Å². The van der Waals surface area contributed by atoms with E-state index in [0.717, 1.165) is 18.5 Å². The number of amides is 2. The molecule has 2 heterocycles. The number of carbonyl (C=O) groups excluding carboxylic acids is 2. The molecule has 2 fully saturated rings. The number of nitrogens with one attached hydrogen (secondary N) is 1. The van der Waals surface area contributed by atoms with E-state index in [1.807, 2.05) is 7.05 Å². The van der Waals surface area contributed by atoms with Gasteiger partial charge < -0.3 is 10.2 Å². The lowest BCUT2D eigenvalue weighted by atomic mass is 9.95. The lowest BCUT2D eigenvalue weighted by Crippen LogP contribution is -2.40. The summed E-state index contributed by atoms with van der Waals surface area (Å²) in [7, 11) is 1.82. The van der Waals surface area contributed by atoms with Gasteiger partial charge in [-0.05, 0) is 12.8 Å². The van der Waals surface area contributed by atoms with Gasteiger partial charge >= 0.3 is 0 Å². The van der Waals surface area contributed by atoms with E-state index < -0.39 is 0 Å². The maximum absolute atomic E-state index is 12.3. The summed E-state index contributed by atoms with van der Waals surface area (Å²) in [5.74, 6) is -0.201. The maximum Gasteiger partial charge on any atom is 0.227 e. The molecule has 0 bridgehead atoms. The van der Waals surface area contributed by atoms with Crippen molar-refractivity contribution < 1.29 is 9.59 Å². The Bertz CT molecular complexity index is 534. The number of nitrogens with zero attached hydrogens (tertiary/aromatic N) is 3. The summed E-state index contributed by atoms with van der Waals surface area (Å²) >= 11 is 0. The number of rotatable bonds is 3. The molecule has 114 valence electrons. The fraction of sp³-hybridized carbons (Fsp3) is 0.667. The van der Waals surface area contributed by atoms with Crippen LogP contribution in [-0.2, 0) is 16.6 Å². The number of aryl methyl sites for hydroxylation is 1. The van der Waals surface area contributed by atoms with Gasteiger partial charge in [-0.15, -0.1) is 0 Å². The molecule has 3 rings (SSSR count). The average Bonchev–Trinajstić information content (AvgIpc) is 3.06. The first-order valence-electron chi connectivity index (χ1n) is 7.73. The van der Waals surface area contributed by atoms with Crippen LogP contribution in [0.1, 0.15) is 38.5 Å². The molecule has 1 aliphatic heterocycles. The van der Waals surface area contributed by atoms with Crippen LogP contribution in [-0.4, -0.2) is 34.2 Å². The van der Waals surface area contributed by atoms with Crippen molar-refractivity contribution in [3.63, 3.8) is 0 Å². The minimum Gasteiger partial charge on any atom is -0.353 e. The van der Waals surface area contributed by atoms with Crippen LogP contribution >= 0.6 is 0 Å². The van der Waals surface area contributed by atoms with Gasteiger partial charge in [0, 0.05) is 32.3 Å². The molecule has 0 radical (unpaired) electrons. The lowest BCUT2D eigenvalue weighted by Gasteiger charge is -2.24. The van der Waals surface area contributed by atoms with Crippen molar-refractivity contribution in [2.24, 2.45) is 13.0 Å². The van der Waals surface area contributed by atoms with Crippen LogP contribution in [0.4, 0.5) is 5.69 Å². The highest BCUT2D eigenvalue weighted by Crippen LogP contribution is 2.25. The summed E-state index contributed by atoms with van der Waals surface area (Å²) in [6, 6.07) is 0.300. The molecule has 0 aromatic carbocycles. The Morgan fingerprint density at radius 1 is 1.33 bits per heavy atom. The van der Waals surface area contributed by atoms with Crippen LogP contribution in [0.3, 0.4) is 0 Å². The van der Waals surface area contributed by atoms with E-state index >= 15 is 0 Å². The Morgan fingerprint density at radius 2 is 2.10 bits per heavy atom. The number of hydrogen-bond acceptors (Lipinski definition) is 3. The maximum atomic E-state index is 12.3. The van der Waals surface area contributed by atoms with Crippen molar-refractivity contribution in [3.8, 4) is 0 Å². The van der Waals surface area contributed by atoms with Gasteiger partial charge in [-0.1, -0.05) is 19.3 Å². The Kier molecular flexibility index (Phi) is 3.94. The molecule has 2 aliphatic rings. The van der Waals surface area contributed by atoms with Crippen molar-refractivity contribution in [2.75, 3.05) is 11.4 Å². The van der Waals surface area contributed by atoms with Gasteiger partial charge in [0.05, 0.1) is 17.8 Å². The quantitative estimate of drug-likeness (QED) is 0.910. The molecule has 1 aliphatic carbocycles. The van der Waals surface area contributed by atoms with E-state index in [1.165, 1.54) is 19.3 Å². The zero-order valence-electron chi connectivity index (χ0n) is 12.4. The summed E-state index contributed by atoms with van der Waals surface area (Å²) in [6.45, 7) is 0.461. The second-order valence-electron chi connectivity index (χ2n) is 6.12. The molecule has 6 nitrogen and oxygen atoms in total. The highest BCUT2D eigenvalue weighted by molar-refractivity contribution is 6.00. The topological polar surface area (TPSA) is 67.2 Å². The Morgan fingerprint density at radius 3 is 2.76 bits per heavy atom. The van der Waals surface area contributed by atoms with Crippen molar-refractivity contribution in [1.82, 2.24) is 15.1 Å². The van der Waals surface area contributed by atoms with Gasteiger partial charge in [-0.25, -0.2) is 0 Å². The summed E-state index contributed by atoms with van der Waals surface area (Å²) in [5, 5.41) is 7.20. The first-order valence-corrected chi connectivity index (χ1v) is 7.73. The molecule has 1 atom stereocenters. The monoisotopic (exact) mass is 290 g/mol. The summed E-state index contributed by atoms with van der Waals surface area (Å²) in [4.78, 5) is 26.1. The molecule has 1 N–H and O–H groups in total. The molecule has 1 aromatic rings. The van der Waals surface area contributed by atoms with Gasteiger partial charge in [-0.2, -0.15) is 5.10 Å². The van der Waals surface area contributed by atoms with Crippen LogP contribution in [0.25, 0.3) is 0 Å². The van der Waals surface area contributed by atoms with E-state index in [0.29, 0.717) is 19.0 Å². The number of carbonyl (C=O) groups is 2. The first-order chi connectivity index (χ1) is 10.1. The van der Waals surface area contributed by atoms with E-state index in [4.69, 9.17) is 0 Å². The van der Waals surface area contributed by atoms with Gasteiger partial charge in [0.25, 0.3) is 0 Å². The number of anilines is 1. The third-order valence-corrected chi connectivity index (χ3v) is 4.45. The van der Waals surface area contributed by atoms with E-state index in [-0.39, 0.29) is 17.7 Å². The molecule has 6 heteroatoms. The Labute approximate surface area is 124 Å². The van der Waals surface area contributed by atoms with Gasteiger partial charge in [0.15, 0.2) is 0 Å². The highest BCUT2D eigenvalue weighted by atomic mass is 16.2. The smallest absolute Gasteiger partial charge is 0.227 e.